The fourth-order valence-corrected chi connectivity index (χ4v) is 1.92. The molecule has 1 heterocycles. The monoisotopic (exact) mass is 303 g/mol. The van der Waals surface area contributed by atoms with Gasteiger partial charge in [0.1, 0.15) is 12.4 Å². The van der Waals surface area contributed by atoms with Crippen LogP contribution in [0.3, 0.4) is 0 Å². The number of pyridine rings is 1. The highest BCUT2D eigenvalue weighted by molar-refractivity contribution is 5.42. The molecule has 0 radical (unpaired) electrons. The minimum atomic E-state index is -4.23. The van der Waals surface area contributed by atoms with Crippen molar-refractivity contribution in [1.29, 1.82) is 0 Å². The molecule has 1 aromatic heterocycles. The van der Waals surface area contributed by atoms with Gasteiger partial charge in [-0.05, 0) is 52.3 Å². The lowest BCUT2D eigenvalue weighted by Crippen LogP contribution is -2.36. The molecule has 0 fully saturated rings. The molecular formula is C15H24F3N3. The van der Waals surface area contributed by atoms with Crippen LogP contribution in [-0.4, -0.2) is 29.8 Å². The van der Waals surface area contributed by atoms with Crippen molar-refractivity contribution in [1.82, 2.24) is 10.3 Å². The first-order chi connectivity index (χ1) is 9.50. The van der Waals surface area contributed by atoms with Crippen molar-refractivity contribution in [3.05, 3.63) is 23.4 Å². The number of aryl methyl sites for hydroxylation is 1. The van der Waals surface area contributed by atoms with E-state index in [0.717, 1.165) is 11.3 Å². The molecule has 0 unspecified atom stereocenters. The highest BCUT2D eigenvalue weighted by Crippen LogP contribution is 2.22. The molecule has 0 saturated carbocycles. The molecule has 0 aliphatic carbocycles. The fourth-order valence-electron chi connectivity index (χ4n) is 1.92. The maximum absolute atomic E-state index is 12.6. The molecule has 0 aliphatic heterocycles. The molecule has 21 heavy (non-hydrogen) atoms. The van der Waals surface area contributed by atoms with Gasteiger partial charge in [-0.2, -0.15) is 13.2 Å². The SMILES string of the molecule is CCN(CC(F)(F)F)c1cc(CNC(C)(C)C)cc(C)n1. The van der Waals surface area contributed by atoms with Crippen LogP contribution in [-0.2, 0) is 6.54 Å². The third-order valence-corrected chi connectivity index (χ3v) is 2.90. The standard InChI is InChI=1S/C15H24F3N3/c1-6-21(10-15(16,17)18)13-8-12(7-11(2)20-13)9-19-14(3,4)5/h7-8,19H,6,9-10H2,1-5H3. The summed E-state index contributed by atoms with van der Waals surface area (Å²) in [5.41, 5.74) is 1.61. The van der Waals surface area contributed by atoms with E-state index in [9.17, 15) is 13.2 Å². The Balaban J connectivity index is 2.94. The second kappa shape index (κ2) is 6.64. The molecule has 1 N–H and O–H groups in total. The lowest BCUT2D eigenvalue weighted by atomic mass is 10.1. The Kier molecular flexibility index (Phi) is 5.61. The fraction of sp³-hybridized carbons (Fsp3) is 0.667. The van der Waals surface area contributed by atoms with E-state index in [0.29, 0.717) is 12.4 Å². The predicted octanol–water partition coefficient (Wildman–Crippen LogP) is 3.67. The van der Waals surface area contributed by atoms with Crippen LogP contribution in [0, 0.1) is 6.92 Å². The molecule has 0 aromatic carbocycles. The average molecular weight is 303 g/mol. The number of halogens is 3. The van der Waals surface area contributed by atoms with Crippen LogP contribution in [0.15, 0.2) is 12.1 Å². The number of aromatic nitrogens is 1. The predicted molar refractivity (Wildman–Crippen MR) is 79.5 cm³/mol. The van der Waals surface area contributed by atoms with E-state index in [1.54, 1.807) is 19.9 Å². The van der Waals surface area contributed by atoms with Crippen LogP contribution in [0.5, 0.6) is 0 Å². The van der Waals surface area contributed by atoms with Crippen LogP contribution >= 0.6 is 0 Å². The van der Waals surface area contributed by atoms with Crippen LogP contribution < -0.4 is 10.2 Å². The summed E-state index contributed by atoms with van der Waals surface area (Å²) in [6, 6.07) is 3.62. The number of rotatable bonds is 5. The summed E-state index contributed by atoms with van der Waals surface area (Å²) >= 11 is 0. The minimum Gasteiger partial charge on any atom is -0.348 e. The topological polar surface area (TPSA) is 28.2 Å². The second-order valence-electron chi connectivity index (χ2n) is 6.21. The van der Waals surface area contributed by atoms with Crippen LogP contribution in [0.4, 0.5) is 19.0 Å². The van der Waals surface area contributed by atoms with Gasteiger partial charge in [-0.15, -0.1) is 0 Å². The number of alkyl halides is 3. The highest BCUT2D eigenvalue weighted by atomic mass is 19.4. The van der Waals surface area contributed by atoms with Gasteiger partial charge in [0.15, 0.2) is 0 Å². The first-order valence-electron chi connectivity index (χ1n) is 7.04. The van der Waals surface area contributed by atoms with Gasteiger partial charge in [-0.1, -0.05) is 0 Å². The van der Waals surface area contributed by atoms with Crippen molar-refractivity contribution < 1.29 is 13.2 Å². The molecule has 0 bridgehead atoms. The smallest absolute Gasteiger partial charge is 0.348 e. The van der Waals surface area contributed by atoms with E-state index in [2.05, 4.69) is 10.3 Å². The summed E-state index contributed by atoms with van der Waals surface area (Å²) in [6.45, 7) is 9.52. The van der Waals surface area contributed by atoms with Gasteiger partial charge in [0.25, 0.3) is 0 Å². The summed E-state index contributed by atoms with van der Waals surface area (Å²) in [4.78, 5) is 5.48. The van der Waals surface area contributed by atoms with Gasteiger partial charge in [0.05, 0.1) is 0 Å². The molecule has 1 rings (SSSR count). The zero-order valence-electron chi connectivity index (χ0n) is 13.3. The van der Waals surface area contributed by atoms with Crippen molar-refractivity contribution in [2.24, 2.45) is 0 Å². The molecule has 0 atom stereocenters. The molecule has 3 nitrogen and oxygen atoms in total. The van der Waals surface area contributed by atoms with Gasteiger partial charge >= 0.3 is 6.18 Å². The van der Waals surface area contributed by atoms with Crippen LogP contribution in [0.2, 0.25) is 0 Å². The third-order valence-electron chi connectivity index (χ3n) is 2.90. The molecule has 6 heteroatoms. The Hall–Kier alpha value is -1.30. The van der Waals surface area contributed by atoms with E-state index in [1.807, 2.05) is 26.8 Å². The summed E-state index contributed by atoms with van der Waals surface area (Å²) in [5, 5.41) is 3.33. The van der Waals surface area contributed by atoms with E-state index in [-0.39, 0.29) is 12.1 Å². The second-order valence-corrected chi connectivity index (χ2v) is 6.21. The van der Waals surface area contributed by atoms with Gasteiger partial charge in [-0.25, -0.2) is 4.98 Å². The lowest BCUT2D eigenvalue weighted by molar-refractivity contribution is -0.119. The van der Waals surface area contributed by atoms with E-state index >= 15 is 0 Å². The Morgan fingerprint density at radius 1 is 1.19 bits per heavy atom. The van der Waals surface area contributed by atoms with Crippen molar-refractivity contribution >= 4 is 5.82 Å². The lowest BCUT2D eigenvalue weighted by Gasteiger charge is -2.25. The van der Waals surface area contributed by atoms with Crippen molar-refractivity contribution in [3.63, 3.8) is 0 Å². The van der Waals surface area contributed by atoms with E-state index in [1.165, 1.54) is 4.90 Å². The van der Waals surface area contributed by atoms with E-state index < -0.39 is 12.7 Å². The zero-order chi connectivity index (χ0) is 16.3. The Morgan fingerprint density at radius 2 is 1.81 bits per heavy atom. The molecule has 0 aliphatic rings. The van der Waals surface area contributed by atoms with Gasteiger partial charge in [-0.3, -0.25) is 0 Å². The molecule has 1 aromatic rings. The normalized spacial score (nSPS) is 12.6. The van der Waals surface area contributed by atoms with Gasteiger partial charge in [0, 0.05) is 24.3 Å². The molecule has 120 valence electrons. The minimum absolute atomic E-state index is 0.0479. The first kappa shape index (κ1) is 17.8. The van der Waals surface area contributed by atoms with Gasteiger partial charge in [0.2, 0.25) is 0 Å². The largest absolute Gasteiger partial charge is 0.405 e. The highest BCUT2D eigenvalue weighted by Gasteiger charge is 2.30. The Morgan fingerprint density at radius 3 is 2.29 bits per heavy atom. The molecular weight excluding hydrogens is 279 g/mol. The number of hydrogen-bond donors (Lipinski definition) is 1. The van der Waals surface area contributed by atoms with Gasteiger partial charge < -0.3 is 10.2 Å². The van der Waals surface area contributed by atoms with Crippen molar-refractivity contribution in [2.45, 2.75) is 52.9 Å². The molecule has 0 amide bonds. The van der Waals surface area contributed by atoms with Crippen LogP contribution in [0.1, 0.15) is 39.0 Å². The summed E-state index contributed by atoms with van der Waals surface area (Å²) in [6.07, 6.45) is -4.23. The number of nitrogens with one attached hydrogen (secondary N) is 1. The van der Waals surface area contributed by atoms with Crippen LogP contribution in [0.25, 0.3) is 0 Å². The quantitative estimate of drug-likeness (QED) is 0.899. The number of hydrogen-bond acceptors (Lipinski definition) is 3. The summed E-state index contributed by atoms with van der Waals surface area (Å²) in [7, 11) is 0. The first-order valence-corrected chi connectivity index (χ1v) is 7.04. The number of anilines is 1. The third kappa shape index (κ3) is 6.80. The Bertz CT molecular complexity index is 464. The molecule has 0 spiro atoms. The Labute approximate surface area is 124 Å². The van der Waals surface area contributed by atoms with Crippen molar-refractivity contribution in [2.75, 3.05) is 18.0 Å². The maximum Gasteiger partial charge on any atom is 0.405 e. The number of nitrogens with zero attached hydrogens (tertiary/aromatic N) is 2. The van der Waals surface area contributed by atoms with E-state index in [4.69, 9.17) is 0 Å². The zero-order valence-corrected chi connectivity index (χ0v) is 13.3. The molecule has 0 saturated heterocycles. The van der Waals surface area contributed by atoms with Crippen molar-refractivity contribution in [3.8, 4) is 0 Å². The maximum atomic E-state index is 12.6. The summed E-state index contributed by atoms with van der Waals surface area (Å²) in [5.74, 6) is 0.375. The summed E-state index contributed by atoms with van der Waals surface area (Å²) < 4.78 is 37.8. The average Bonchev–Trinajstić information content (AvgIpc) is 2.31.